The van der Waals surface area contributed by atoms with Crippen LogP contribution in [0.25, 0.3) is 0 Å². The summed E-state index contributed by atoms with van der Waals surface area (Å²) in [7, 11) is 1.48. The largest absolute Gasteiger partial charge is 0.493 e. The third-order valence-electron chi connectivity index (χ3n) is 5.36. The Balaban J connectivity index is 2.02. The molecule has 0 aliphatic heterocycles. The van der Waals surface area contributed by atoms with E-state index in [2.05, 4.69) is 31.2 Å². The summed E-state index contributed by atoms with van der Waals surface area (Å²) in [5.74, 6) is 0.440. The van der Waals surface area contributed by atoms with Crippen LogP contribution in [0.5, 0.6) is 11.5 Å². The molecule has 0 aliphatic carbocycles. The van der Waals surface area contributed by atoms with Gasteiger partial charge in [0.05, 0.1) is 7.11 Å². The average Bonchev–Trinajstić information content (AvgIpc) is 2.81. The van der Waals surface area contributed by atoms with Crippen LogP contribution in [-0.2, 0) is 4.79 Å². The number of unbranched alkanes of at least 4 members (excludes halogenated alkanes) is 10. The molecule has 0 saturated heterocycles. The van der Waals surface area contributed by atoms with Crippen molar-refractivity contribution in [2.45, 2.75) is 96.8 Å². The molecule has 32 heavy (non-hydrogen) atoms. The van der Waals surface area contributed by atoms with Crippen LogP contribution < -0.4 is 9.47 Å². The van der Waals surface area contributed by atoms with Gasteiger partial charge in [-0.1, -0.05) is 76.2 Å². The van der Waals surface area contributed by atoms with Crippen molar-refractivity contribution in [3.8, 4) is 11.5 Å². The van der Waals surface area contributed by atoms with Crippen molar-refractivity contribution in [3.05, 3.63) is 48.1 Å². The van der Waals surface area contributed by atoms with Crippen molar-refractivity contribution >= 4 is 12.3 Å². The van der Waals surface area contributed by atoms with Gasteiger partial charge in [0.15, 0.2) is 11.5 Å². The van der Waals surface area contributed by atoms with Crippen molar-refractivity contribution in [1.29, 1.82) is 0 Å². The van der Waals surface area contributed by atoms with Gasteiger partial charge in [0.25, 0.3) is 0 Å². The summed E-state index contributed by atoms with van der Waals surface area (Å²) in [5.41, 5.74) is 0.481. The van der Waals surface area contributed by atoms with Crippen LogP contribution in [-0.4, -0.2) is 19.4 Å². The maximum Gasteiger partial charge on any atom is 0.311 e. The first kappa shape index (κ1) is 27.7. The van der Waals surface area contributed by atoms with Crippen molar-refractivity contribution < 1.29 is 19.1 Å². The van der Waals surface area contributed by atoms with Crippen molar-refractivity contribution in [2.75, 3.05) is 7.11 Å². The van der Waals surface area contributed by atoms with Crippen LogP contribution in [0, 0.1) is 0 Å². The molecular weight excluding hydrogens is 400 g/mol. The van der Waals surface area contributed by atoms with Gasteiger partial charge in [-0.2, -0.15) is 0 Å². The quantitative estimate of drug-likeness (QED) is 0.0716. The predicted octanol–water partition coefficient (Wildman–Crippen LogP) is 8.01. The molecule has 1 aromatic rings. The van der Waals surface area contributed by atoms with Gasteiger partial charge < -0.3 is 9.47 Å². The third-order valence-corrected chi connectivity index (χ3v) is 5.36. The lowest BCUT2D eigenvalue weighted by Gasteiger charge is -2.09. The molecule has 0 heterocycles. The van der Waals surface area contributed by atoms with Crippen molar-refractivity contribution in [3.63, 3.8) is 0 Å². The zero-order chi connectivity index (χ0) is 23.3. The minimum absolute atomic E-state index is 0.292. The highest BCUT2D eigenvalue weighted by molar-refractivity contribution is 5.78. The molecule has 1 rings (SSSR count). The lowest BCUT2D eigenvalue weighted by Crippen LogP contribution is -2.08. The molecule has 178 valence electrons. The monoisotopic (exact) mass is 442 g/mol. The number of benzene rings is 1. The number of esters is 1. The van der Waals surface area contributed by atoms with Gasteiger partial charge in [-0.05, 0) is 56.7 Å². The Kier molecular flexibility index (Phi) is 16.7. The van der Waals surface area contributed by atoms with Crippen molar-refractivity contribution in [1.82, 2.24) is 0 Å². The van der Waals surface area contributed by atoms with E-state index in [0.29, 0.717) is 23.5 Å². The number of aldehydes is 1. The second kappa shape index (κ2) is 19.3. The second-order valence-electron chi connectivity index (χ2n) is 8.18. The van der Waals surface area contributed by atoms with Crippen LogP contribution >= 0.6 is 0 Å². The van der Waals surface area contributed by atoms with E-state index in [1.165, 1.54) is 64.9 Å². The summed E-state index contributed by atoms with van der Waals surface area (Å²) in [6, 6.07) is 4.75. The van der Waals surface area contributed by atoms with Crippen molar-refractivity contribution in [2.24, 2.45) is 0 Å². The molecule has 4 nitrogen and oxygen atoms in total. The Morgan fingerprint density at radius 2 is 1.38 bits per heavy atom. The number of rotatable bonds is 19. The molecular formula is C28H42O4. The second-order valence-corrected chi connectivity index (χ2v) is 8.18. The van der Waals surface area contributed by atoms with Gasteiger partial charge >= 0.3 is 5.97 Å². The van der Waals surface area contributed by atoms with Gasteiger partial charge in [-0.25, -0.2) is 0 Å². The van der Waals surface area contributed by atoms with Gasteiger partial charge in [-0.3, -0.25) is 9.59 Å². The Morgan fingerprint density at radius 1 is 0.781 bits per heavy atom. The fourth-order valence-corrected chi connectivity index (χ4v) is 3.44. The first-order valence-corrected chi connectivity index (χ1v) is 12.3. The van der Waals surface area contributed by atoms with Crippen LogP contribution in [0.2, 0.25) is 0 Å². The molecule has 0 unspecified atom stereocenters. The maximum atomic E-state index is 12.0. The Labute approximate surface area is 195 Å². The SMILES string of the molecule is CCCCCCCCCC/C=C\CC/C=C\CCCC(=O)Oc1ccc(C=O)cc1OC. The molecule has 0 aromatic heterocycles. The number of methoxy groups -OCH3 is 1. The first-order valence-electron chi connectivity index (χ1n) is 12.3. The van der Waals surface area contributed by atoms with Crippen LogP contribution in [0.3, 0.4) is 0 Å². The molecule has 0 radical (unpaired) electrons. The Bertz CT molecular complexity index is 691. The number of ether oxygens (including phenoxy) is 2. The van der Waals surface area contributed by atoms with E-state index in [1.807, 2.05) is 0 Å². The van der Waals surface area contributed by atoms with E-state index in [4.69, 9.17) is 9.47 Å². The third kappa shape index (κ3) is 13.8. The van der Waals surface area contributed by atoms with E-state index < -0.39 is 0 Å². The normalized spacial score (nSPS) is 11.3. The summed E-state index contributed by atoms with van der Waals surface area (Å²) >= 11 is 0. The highest BCUT2D eigenvalue weighted by Gasteiger charge is 2.10. The zero-order valence-electron chi connectivity index (χ0n) is 20.2. The molecule has 0 aliphatic rings. The van der Waals surface area contributed by atoms with E-state index in [-0.39, 0.29) is 5.97 Å². The number of carbonyl (C=O) groups is 2. The molecule has 0 amide bonds. The highest BCUT2D eigenvalue weighted by atomic mass is 16.6. The minimum atomic E-state index is -0.292. The van der Waals surface area contributed by atoms with Crippen LogP contribution in [0.1, 0.15) is 107 Å². The summed E-state index contributed by atoms with van der Waals surface area (Å²) in [6.45, 7) is 2.26. The average molecular weight is 443 g/mol. The maximum absolute atomic E-state index is 12.0. The smallest absolute Gasteiger partial charge is 0.311 e. The summed E-state index contributed by atoms with van der Waals surface area (Å²) < 4.78 is 10.5. The number of allylic oxidation sites excluding steroid dienone is 4. The lowest BCUT2D eigenvalue weighted by molar-refractivity contribution is -0.134. The molecule has 0 N–H and O–H groups in total. The predicted molar refractivity (Wildman–Crippen MR) is 133 cm³/mol. The summed E-state index contributed by atoms with van der Waals surface area (Å²) in [4.78, 5) is 22.8. The highest BCUT2D eigenvalue weighted by Crippen LogP contribution is 2.28. The Morgan fingerprint density at radius 3 is 2.00 bits per heavy atom. The first-order chi connectivity index (χ1) is 15.7. The van der Waals surface area contributed by atoms with Crippen LogP contribution in [0.4, 0.5) is 0 Å². The summed E-state index contributed by atoms with van der Waals surface area (Å²) in [5, 5.41) is 0. The molecule has 0 bridgehead atoms. The number of hydrogen-bond acceptors (Lipinski definition) is 4. The zero-order valence-corrected chi connectivity index (χ0v) is 20.2. The van der Waals surface area contributed by atoms with Gasteiger partial charge in [-0.15, -0.1) is 0 Å². The van der Waals surface area contributed by atoms with Gasteiger partial charge in [0, 0.05) is 12.0 Å². The standard InChI is InChI=1S/C28H42O4/c1-3-4-5-6-7-8-9-10-11-12-13-14-15-16-17-18-19-20-28(30)32-26-22-21-25(24-29)23-27(26)31-2/h12-13,16-17,21-24H,3-11,14-15,18-20H2,1-2H3/b13-12-,17-16-. The Hall–Kier alpha value is -2.36. The lowest BCUT2D eigenvalue weighted by atomic mass is 10.1. The fraction of sp³-hybridized carbons (Fsp3) is 0.571. The molecule has 0 atom stereocenters. The number of carbonyl (C=O) groups excluding carboxylic acids is 2. The van der Waals surface area contributed by atoms with E-state index in [1.54, 1.807) is 18.2 Å². The molecule has 0 saturated carbocycles. The molecule has 0 fully saturated rings. The van der Waals surface area contributed by atoms with Crippen LogP contribution in [0.15, 0.2) is 42.5 Å². The van der Waals surface area contributed by atoms with E-state index in [0.717, 1.165) is 32.0 Å². The minimum Gasteiger partial charge on any atom is -0.493 e. The van der Waals surface area contributed by atoms with E-state index in [9.17, 15) is 9.59 Å². The number of hydrogen-bond donors (Lipinski definition) is 0. The van der Waals surface area contributed by atoms with Gasteiger partial charge in [0.1, 0.15) is 6.29 Å². The van der Waals surface area contributed by atoms with Gasteiger partial charge in [0.2, 0.25) is 0 Å². The fourth-order valence-electron chi connectivity index (χ4n) is 3.44. The topological polar surface area (TPSA) is 52.6 Å². The van der Waals surface area contributed by atoms with E-state index >= 15 is 0 Å². The molecule has 4 heteroatoms. The molecule has 0 spiro atoms. The molecule has 1 aromatic carbocycles. The summed E-state index contributed by atoms with van der Waals surface area (Å²) in [6.07, 6.45) is 25.9.